The van der Waals surface area contributed by atoms with E-state index in [4.69, 9.17) is 18.9 Å². The van der Waals surface area contributed by atoms with Crippen LogP contribution in [0.5, 0.6) is 0 Å². The highest BCUT2D eigenvalue weighted by molar-refractivity contribution is 5.76. The van der Waals surface area contributed by atoms with Gasteiger partial charge in [0.15, 0.2) is 12.6 Å². The lowest BCUT2D eigenvalue weighted by Crippen LogP contribution is -2.65. The van der Waals surface area contributed by atoms with Crippen LogP contribution in [0.2, 0.25) is 0 Å². The Bertz CT molecular complexity index is 2290. The average Bonchev–Trinajstić information content (AvgIpc) is 0.789. The van der Waals surface area contributed by atoms with Crippen molar-refractivity contribution in [1.29, 1.82) is 0 Å². The number of rotatable bonds is 71. The second kappa shape index (κ2) is 73.0. The van der Waals surface area contributed by atoms with Gasteiger partial charge < -0.3 is 65.1 Å². The third-order valence-corrected chi connectivity index (χ3v) is 20.1. The predicted molar refractivity (Wildman–Crippen MR) is 438 cm³/mol. The van der Waals surface area contributed by atoms with E-state index in [1.165, 1.54) is 212 Å². The topological polar surface area (TPSA) is 228 Å². The molecule has 12 atom stereocenters. The summed E-state index contributed by atoms with van der Waals surface area (Å²) >= 11 is 0. The number of aliphatic hydroxyl groups excluding tert-OH is 8. The number of carbonyl (C=O) groups excluding carboxylic acids is 1. The summed E-state index contributed by atoms with van der Waals surface area (Å²) in [5.74, 6) is -0.254. The zero-order valence-electron chi connectivity index (χ0n) is 66.4. The van der Waals surface area contributed by atoms with Gasteiger partial charge in [-0.15, -0.1) is 0 Å². The van der Waals surface area contributed by atoms with Gasteiger partial charge >= 0.3 is 0 Å². The maximum absolute atomic E-state index is 13.4. The summed E-state index contributed by atoms with van der Waals surface area (Å²) in [7, 11) is 0. The van der Waals surface area contributed by atoms with E-state index in [0.717, 1.165) is 96.3 Å². The van der Waals surface area contributed by atoms with Crippen LogP contribution in [0.3, 0.4) is 0 Å². The standard InChI is InChI=1S/C91H157NO13/c1-3-5-7-9-11-13-15-17-19-21-23-25-27-29-31-33-35-37-38-39-40-41-42-43-45-47-49-51-53-55-57-59-61-63-65-67-69-71-73-75-83(96)92-79(78-102-90-88(101)86(99)89(82(77-94)104-90)105-91-87(100)85(98)84(97)81(76-93)103-91)80(95)74-72-70-68-66-64-62-60-58-56-54-52-50-48-46-44-36-34-32-30-28-26-24-22-20-18-16-14-12-10-8-6-4-2/h5,7,11,13,17,19,23,25,29,31,35,37,39-40,42-43,47,49,64,66,72,74,79-82,84-91,93-95,97-101H,3-4,6,8-10,12,14-16,18,20-22,24,26-28,30,32-34,36,38,41,44-46,48,50-63,65,67-71,73,75-78H2,1-2H3,(H,92,96)/b7-5-,13-11-,19-17-,25-23-,31-29-,37-35-,40-39-,43-42-,49-47-,66-64+,74-72+. The van der Waals surface area contributed by atoms with Crippen LogP contribution >= 0.6 is 0 Å². The Labute approximate surface area is 641 Å². The van der Waals surface area contributed by atoms with Crippen molar-refractivity contribution < 1.29 is 64.6 Å². The molecule has 0 radical (unpaired) electrons. The lowest BCUT2D eigenvalue weighted by molar-refractivity contribution is -0.359. The molecule has 0 aromatic rings. The van der Waals surface area contributed by atoms with E-state index in [0.29, 0.717) is 12.8 Å². The molecular formula is C91H157NO13. The molecule has 0 saturated carbocycles. The Hall–Kier alpha value is -3.87. The maximum atomic E-state index is 13.4. The fraction of sp³-hybridized carbons (Fsp3) is 0.747. The molecule has 2 aliphatic rings. The third kappa shape index (κ3) is 55.2. The van der Waals surface area contributed by atoms with Crippen LogP contribution in [0, 0.1) is 0 Å². The minimum atomic E-state index is -1.80. The molecule has 0 spiro atoms. The molecule has 12 unspecified atom stereocenters. The number of aliphatic hydroxyl groups is 8. The van der Waals surface area contributed by atoms with Gasteiger partial charge in [-0.05, 0) is 103 Å². The van der Waals surface area contributed by atoms with Gasteiger partial charge in [0.2, 0.25) is 5.91 Å². The summed E-state index contributed by atoms with van der Waals surface area (Å²) in [5, 5.41) is 87.8. The van der Waals surface area contributed by atoms with E-state index >= 15 is 0 Å². The predicted octanol–water partition coefficient (Wildman–Crippen LogP) is 20.5. The number of ether oxygens (including phenoxy) is 4. The minimum Gasteiger partial charge on any atom is -0.394 e. The van der Waals surface area contributed by atoms with Crippen LogP contribution in [0.15, 0.2) is 134 Å². The minimum absolute atomic E-state index is 0.254. The SMILES string of the molecule is CC/C=C\C/C=C\C/C=C\C/C=C\C/C=C\C/C=C\C/C=C\C/C=C\C/C=C\CCCCCCCCCCCCCC(=O)NC(COC1OC(CO)C(OC2OC(CO)C(O)C(O)C2O)C(O)C1O)C(O)/C=C/CC/C=C/CCCCCCCCCCCCCCCCCCCCCCCCCCCC. The highest BCUT2D eigenvalue weighted by Gasteiger charge is 2.51. The number of amides is 1. The summed E-state index contributed by atoms with van der Waals surface area (Å²) in [5.41, 5.74) is 0. The van der Waals surface area contributed by atoms with E-state index in [1.54, 1.807) is 6.08 Å². The van der Waals surface area contributed by atoms with Crippen LogP contribution in [0.4, 0.5) is 0 Å². The van der Waals surface area contributed by atoms with Crippen molar-refractivity contribution >= 4 is 5.91 Å². The van der Waals surface area contributed by atoms with Gasteiger partial charge in [0, 0.05) is 6.42 Å². The molecule has 14 nitrogen and oxygen atoms in total. The summed E-state index contributed by atoms with van der Waals surface area (Å²) in [6.07, 6.45) is 92.6. The van der Waals surface area contributed by atoms with Gasteiger partial charge in [-0.25, -0.2) is 0 Å². The Morgan fingerprint density at radius 1 is 0.352 bits per heavy atom. The Morgan fingerprint density at radius 2 is 0.667 bits per heavy atom. The Morgan fingerprint density at radius 3 is 1.05 bits per heavy atom. The highest BCUT2D eigenvalue weighted by Crippen LogP contribution is 2.30. The molecule has 2 aliphatic heterocycles. The molecule has 2 heterocycles. The molecule has 2 fully saturated rings. The number of carbonyl (C=O) groups is 1. The van der Waals surface area contributed by atoms with Crippen molar-refractivity contribution in [2.75, 3.05) is 19.8 Å². The van der Waals surface area contributed by atoms with Crippen LogP contribution in [0.25, 0.3) is 0 Å². The lowest BCUT2D eigenvalue weighted by Gasteiger charge is -2.46. The first-order valence-corrected chi connectivity index (χ1v) is 42.9. The van der Waals surface area contributed by atoms with Crippen molar-refractivity contribution in [1.82, 2.24) is 5.32 Å². The largest absolute Gasteiger partial charge is 0.394 e. The van der Waals surface area contributed by atoms with Gasteiger partial charge in [0.05, 0.1) is 32.0 Å². The molecule has 0 aliphatic carbocycles. The molecule has 2 saturated heterocycles. The summed E-state index contributed by atoms with van der Waals surface area (Å²) in [6.45, 7) is 2.70. The van der Waals surface area contributed by atoms with E-state index in [2.05, 4.69) is 141 Å². The summed E-state index contributed by atoms with van der Waals surface area (Å²) in [6, 6.07) is -0.945. The highest BCUT2D eigenvalue weighted by atomic mass is 16.7. The number of unbranched alkanes of at least 4 members (excludes halogenated alkanes) is 38. The van der Waals surface area contributed by atoms with Crippen LogP contribution in [-0.4, -0.2) is 140 Å². The van der Waals surface area contributed by atoms with Crippen LogP contribution in [0.1, 0.15) is 341 Å². The Kier molecular flexibility index (Phi) is 67.5. The fourth-order valence-corrected chi connectivity index (χ4v) is 13.4. The van der Waals surface area contributed by atoms with Crippen molar-refractivity contribution in [2.45, 2.75) is 415 Å². The van der Waals surface area contributed by atoms with E-state index < -0.39 is 86.8 Å². The summed E-state index contributed by atoms with van der Waals surface area (Å²) < 4.78 is 22.9. The molecule has 0 aromatic carbocycles. The Balaban J connectivity index is 1.62. The molecule has 604 valence electrons. The third-order valence-electron chi connectivity index (χ3n) is 20.1. The van der Waals surface area contributed by atoms with Crippen molar-refractivity contribution in [2.24, 2.45) is 0 Å². The molecule has 1 amide bonds. The van der Waals surface area contributed by atoms with Crippen molar-refractivity contribution in [3.8, 4) is 0 Å². The molecule has 2 rings (SSSR count). The van der Waals surface area contributed by atoms with Gasteiger partial charge in [-0.3, -0.25) is 4.79 Å². The smallest absolute Gasteiger partial charge is 0.220 e. The molecule has 0 bridgehead atoms. The number of nitrogens with one attached hydrogen (secondary N) is 1. The number of allylic oxidation sites excluding steroid dienone is 21. The molecular weight excluding hydrogens is 1310 g/mol. The average molecular weight is 1470 g/mol. The van der Waals surface area contributed by atoms with Gasteiger partial charge in [0.1, 0.15) is 48.8 Å². The van der Waals surface area contributed by atoms with E-state index in [-0.39, 0.29) is 18.9 Å². The molecule has 105 heavy (non-hydrogen) atoms. The first kappa shape index (κ1) is 97.2. The lowest BCUT2D eigenvalue weighted by atomic mass is 9.97. The van der Waals surface area contributed by atoms with Gasteiger partial charge in [-0.2, -0.15) is 0 Å². The number of hydrogen-bond acceptors (Lipinski definition) is 13. The van der Waals surface area contributed by atoms with E-state index in [9.17, 15) is 45.6 Å². The number of hydrogen-bond donors (Lipinski definition) is 9. The summed E-state index contributed by atoms with van der Waals surface area (Å²) in [4.78, 5) is 13.4. The van der Waals surface area contributed by atoms with E-state index in [1.807, 2.05) is 6.08 Å². The zero-order valence-corrected chi connectivity index (χ0v) is 66.4. The molecule has 0 aromatic heterocycles. The second-order valence-electron chi connectivity index (χ2n) is 29.6. The monoisotopic (exact) mass is 1470 g/mol. The zero-order chi connectivity index (χ0) is 75.8. The normalized spacial score (nSPS) is 22.1. The first-order valence-electron chi connectivity index (χ1n) is 42.9. The second-order valence-corrected chi connectivity index (χ2v) is 29.6. The molecule has 14 heteroatoms. The maximum Gasteiger partial charge on any atom is 0.220 e. The van der Waals surface area contributed by atoms with Crippen molar-refractivity contribution in [3.05, 3.63) is 134 Å². The van der Waals surface area contributed by atoms with Crippen LogP contribution in [-0.2, 0) is 23.7 Å². The van der Waals surface area contributed by atoms with Crippen molar-refractivity contribution in [3.63, 3.8) is 0 Å². The molecule has 9 N–H and O–H groups in total. The first-order chi connectivity index (χ1) is 51.6. The fourth-order valence-electron chi connectivity index (χ4n) is 13.4. The quantitative estimate of drug-likeness (QED) is 0.0204. The van der Waals surface area contributed by atoms with Gasteiger partial charge in [-0.1, -0.05) is 366 Å². The van der Waals surface area contributed by atoms with Gasteiger partial charge in [0.25, 0.3) is 0 Å². The van der Waals surface area contributed by atoms with Crippen LogP contribution < -0.4 is 5.32 Å².